The monoisotopic (exact) mass is 256 g/mol. The average Bonchev–Trinajstić information content (AvgIpc) is 2.42. The van der Waals surface area contributed by atoms with Gasteiger partial charge in [-0.15, -0.1) is 5.92 Å². The van der Waals surface area contributed by atoms with E-state index in [1.54, 1.807) is 6.92 Å². The summed E-state index contributed by atoms with van der Waals surface area (Å²) in [6.07, 6.45) is 0.515. The summed E-state index contributed by atoms with van der Waals surface area (Å²) in [7, 11) is 0. The highest BCUT2D eigenvalue weighted by atomic mass is 16.2. The van der Waals surface area contributed by atoms with E-state index in [4.69, 9.17) is 0 Å². The van der Waals surface area contributed by atoms with E-state index in [-0.39, 0.29) is 18.4 Å². The van der Waals surface area contributed by atoms with Crippen LogP contribution in [0, 0.1) is 11.8 Å². The van der Waals surface area contributed by atoms with E-state index in [1.165, 1.54) is 4.90 Å². The summed E-state index contributed by atoms with van der Waals surface area (Å²) in [5.41, 5.74) is 1.03. The van der Waals surface area contributed by atoms with Crippen molar-refractivity contribution in [2.24, 2.45) is 0 Å². The first-order chi connectivity index (χ1) is 9.20. The molecule has 1 atom stereocenters. The summed E-state index contributed by atoms with van der Waals surface area (Å²) < 4.78 is 0. The number of rotatable bonds is 3. The molecule has 1 saturated heterocycles. The van der Waals surface area contributed by atoms with Crippen LogP contribution in [-0.4, -0.2) is 35.8 Å². The first-order valence-electron chi connectivity index (χ1n) is 6.22. The Balaban J connectivity index is 2.08. The minimum Gasteiger partial charge on any atom is -0.342 e. The zero-order valence-electron chi connectivity index (χ0n) is 10.8. The van der Waals surface area contributed by atoms with E-state index in [9.17, 15) is 9.59 Å². The standard InChI is InChI=1S/C15H16N2O2/c1-2-3-9-17-11-14(18)16-13(15(17)19)10-12-7-5-4-6-8-12/h4-8,13H,9-11H2,1H3,(H,16,18). The minimum absolute atomic E-state index is 0.0637. The van der Waals surface area contributed by atoms with Crippen LogP contribution in [-0.2, 0) is 16.0 Å². The molecule has 0 bridgehead atoms. The van der Waals surface area contributed by atoms with Crippen LogP contribution >= 0.6 is 0 Å². The van der Waals surface area contributed by atoms with Gasteiger partial charge in [-0.25, -0.2) is 0 Å². The van der Waals surface area contributed by atoms with Gasteiger partial charge in [-0.3, -0.25) is 9.59 Å². The summed E-state index contributed by atoms with van der Waals surface area (Å²) in [4.78, 5) is 25.4. The third kappa shape index (κ3) is 3.35. The van der Waals surface area contributed by atoms with Crippen LogP contribution in [0.2, 0.25) is 0 Å². The van der Waals surface area contributed by atoms with Crippen LogP contribution in [0.5, 0.6) is 0 Å². The van der Waals surface area contributed by atoms with Crippen molar-refractivity contribution in [3.63, 3.8) is 0 Å². The Morgan fingerprint density at radius 1 is 1.32 bits per heavy atom. The number of carbonyl (C=O) groups is 2. The smallest absolute Gasteiger partial charge is 0.246 e. The van der Waals surface area contributed by atoms with Crippen molar-refractivity contribution in [1.29, 1.82) is 0 Å². The van der Waals surface area contributed by atoms with Crippen LogP contribution in [0.4, 0.5) is 0 Å². The molecule has 19 heavy (non-hydrogen) atoms. The SMILES string of the molecule is CC#CCN1CC(=O)NC(Cc2ccccc2)C1=O. The summed E-state index contributed by atoms with van der Waals surface area (Å²) >= 11 is 0. The highest BCUT2D eigenvalue weighted by molar-refractivity contribution is 5.95. The Morgan fingerprint density at radius 2 is 2.05 bits per heavy atom. The zero-order chi connectivity index (χ0) is 13.7. The normalized spacial score (nSPS) is 18.6. The fourth-order valence-electron chi connectivity index (χ4n) is 2.07. The number of nitrogens with one attached hydrogen (secondary N) is 1. The van der Waals surface area contributed by atoms with E-state index in [2.05, 4.69) is 17.2 Å². The number of nitrogens with zero attached hydrogens (tertiary/aromatic N) is 1. The lowest BCUT2D eigenvalue weighted by Gasteiger charge is -2.31. The molecule has 2 rings (SSSR count). The molecule has 98 valence electrons. The van der Waals surface area contributed by atoms with Gasteiger partial charge in [-0.2, -0.15) is 0 Å². The second kappa shape index (κ2) is 6.05. The maximum absolute atomic E-state index is 12.2. The van der Waals surface area contributed by atoms with Gasteiger partial charge < -0.3 is 10.2 Å². The van der Waals surface area contributed by atoms with Gasteiger partial charge in [-0.1, -0.05) is 36.3 Å². The summed E-state index contributed by atoms with van der Waals surface area (Å²) in [5.74, 6) is 5.38. The van der Waals surface area contributed by atoms with Crippen LogP contribution in [0.3, 0.4) is 0 Å². The number of benzene rings is 1. The second-order valence-electron chi connectivity index (χ2n) is 4.43. The lowest BCUT2D eigenvalue weighted by Crippen LogP contribution is -2.58. The Labute approximate surface area is 112 Å². The van der Waals surface area contributed by atoms with Gasteiger partial charge in [0.2, 0.25) is 11.8 Å². The van der Waals surface area contributed by atoms with E-state index in [1.807, 2.05) is 30.3 Å². The summed E-state index contributed by atoms with van der Waals surface area (Å²) in [6.45, 7) is 2.13. The molecule has 0 spiro atoms. The third-order valence-corrected chi connectivity index (χ3v) is 3.01. The number of piperazine rings is 1. The van der Waals surface area contributed by atoms with Crippen LogP contribution in [0.1, 0.15) is 12.5 Å². The molecule has 0 aromatic heterocycles. The van der Waals surface area contributed by atoms with Crippen molar-refractivity contribution >= 4 is 11.8 Å². The Bertz CT molecular complexity index is 528. The molecule has 4 heteroatoms. The van der Waals surface area contributed by atoms with Gasteiger partial charge in [0.15, 0.2) is 0 Å². The van der Waals surface area contributed by atoms with Crippen molar-refractivity contribution < 1.29 is 9.59 Å². The van der Waals surface area contributed by atoms with Crippen LogP contribution in [0.15, 0.2) is 30.3 Å². The van der Waals surface area contributed by atoms with E-state index in [0.717, 1.165) is 5.56 Å². The topological polar surface area (TPSA) is 49.4 Å². The molecule has 1 heterocycles. The van der Waals surface area contributed by atoms with Gasteiger partial charge in [0.05, 0.1) is 6.54 Å². The molecule has 2 amide bonds. The molecule has 1 aliphatic heterocycles. The lowest BCUT2D eigenvalue weighted by atomic mass is 10.0. The quantitative estimate of drug-likeness (QED) is 0.804. The maximum Gasteiger partial charge on any atom is 0.246 e. The molecular formula is C15H16N2O2. The molecule has 0 saturated carbocycles. The van der Waals surface area contributed by atoms with Gasteiger partial charge in [0, 0.05) is 6.42 Å². The van der Waals surface area contributed by atoms with Gasteiger partial charge in [0.25, 0.3) is 0 Å². The Kier molecular flexibility index (Phi) is 4.19. The molecule has 1 aliphatic rings. The number of amides is 2. The molecule has 1 aromatic carbocycles. The first-order valence-corrected chi connectivity index (χ1v) is 6.22. The number of hydrogen-bond donors (Lipinski definition) is 1. The highest BCUT2D eigenvalue weighted by Crippen LogP contribution is 2.09. The lowest BCUT2D eigenvalue weighted by molar-refractivity contribution is -0.143. The van der Waals surface area contributed by atoms with Crippen molar-refractivity contribution in [2.45, 2.75) is 19.4 Å². The predicted octanol–water partition coefficient (Wildman–Crippen LogP) is 0.579. The van der Waals surface area contributed by atoms with Crippen LogP contribution < -0.4 is 5.32 Å². The van der Waals surface area contributed by atoms with Crippen LogP contribution in [0.25, 0.3) is 0 Å². The molecule has 4 nitrogen and oxygen atoms in total. The average molecular weight is 256 g/mol. The number of carbonyl (C=O) groups excluding carboxylic acids is 2. The predicted molar refractivity (Wildman–Crippen MR) is 72.1 cm³/mol. The van der Waals surface area contributed by atoms with Gasteiger partial charge >= 0.3 is 0 Å². The van der Waals surface area contributed by atoms with Crippen molar-refractivity contribution in [1.82, 2.24) is 10.2 Å². The largest absolute Gasteiger partial charge is 0.342 e. The highest BCUT2D eigenvalue weighted by Gasteiger charge is 2.31. The Morgan fingerprint density at radius 3 is 2.74 bits per heavy atom. The summed E-state index contributed by atoms with van der Waals surface area (Å²) in [5, 5.41) is 2.74. The number of hydrogen-bond acceptors (Lipinski definition) is 2. The Hall–Kier alpha value is -2.28. The molecule has 0 radical (unpaired) electrons. The minimum atomic E-state index is -0.484. The molecule has 1 unspecified atom stereocenters. The zero-order valence-corrected chi connectivity index (χ0v) is 10.8. The second-order valence-corrected chi connectivity index (χ2v) is 4.43. The van der Waals surface area contributed by atoms with Gasteiger partial charge in [0.1, 0.15) is 12.6 Å². The maximum atomic E-state index is 12.2. The summed E-state index contributed by atoms with van der Waals surface area (Å²) in [6, 6.07) is 9.18. The molecule has 1 N–H and O–H groups in total. The molecular weight excluding hydrogens is 240 g/mol. The van der Waals surface area contributed by atoms with Crippen molar-refractivity contribution in [3.05, 3.63) is 35.9 Å². The fraction of sp³-hybridized carbons (Fsp3) is 0.333. The van der Waals surface area contributed by atoms with E-state index >= 15 is 0 Å². The van der Waals surface area contributed by atoms with Gasteiger partial charge in [-0.05, 0) is 12.5 Å². The molecule has 0 aliphatic carbocycles. The van der Waals surface area contributed by atoms with Crippen molar-refractivity contribution in [3.8, 4) is 11.8 Å². The molecule has 1 aromatic rings. The fourth-order valence-corrected chi connectivity index (χ4v) is 2.07. The first kappa shape index (κ1) is 13.2. The third-order valence-electron chi connectivity index (χ3n) is 3.01. The van der Waals surface area contributed by atoms with E-state index in [0.29, 0.717) is 13.0 Å². The molecule has 1 fully saturated rings. The van der Waals surface area contributed by atoms with E-state index < -0.39 is 6.04 Å². The van der Waals surface area contributed by atoms with Crippen molar-refractivity contribution in [2.75, 3.05) is 13.1 Å².